The molecule has 0 spiro atoms. The number of benzene rings is 4. The van der Waals surface area contributed by atoms with Crippen LogP contribution in [0.25, 0.3) is 9.69 Å². The Hall–Kier alpha value is -5.90. The Bertz CT molecular complexity index is 2440. The van der Waals surface area contributed by atoms with Crippen LogP contribution in [0.15, 0.2) is 94.7 Å². The second kappa shape index (κ2) is 17.5. The number of carbonyl (C=O) groups is 2. The minimum Gasteiger partial charge on any atom is -0.379 e. The number of anilines is 2. The van der Waals surface area contributed by atoms with Crippen molar-refractivity contribution in [3.05, 3.63) is 131 Å². The lowest BCUT2D eigenvalue weighted by molar-refractivity contribution is -0.137. The second-order valence-electron chi connectivity index (χ2n) is 12.2. The number of halogens is 8. The van der Waals surface area contributed by atoms with Gasteiger partial charge in [0.25, 0.3) is 5.91 Å². The zero-order valence-corrected chi connectivity index (χ0v) is 30.8. The maximum absolute atomic E-state index is 13.0. The summed E-state index contributed by atoms with van der Waals surface area (Å²) in [5, 5.41) is 14.5. The molecule has 4 rings (SSSR count). The average Bonchev–Trinajstić information content (AvgIpc) is 3.10. The van der Waals surface area contributed by atoms with Gasteiger partial charge in [0.2, 0.25) is 5.91 Å². The summed E-state index contributed by atoms with van der Waals surface area (Å²) in [6.07, 6.45) is -9.63. The van der Waals surface area contributed by atoms with Gasteiger partial charge in [-0.25, -0.2) is 35.3 Å². The molecule has 2 amide bonds. The Kier molecular flexibility index (Phi) is 14.0. The van der Waals surface area contributed by atoms with Crippen LogP contribution in [0.2, 0.25) is 0 Å². The van der Waals surface area contributed by atoms with Crippen LogP contribution in [0.1, 0.15) is 25.0 Å². The van der Waals surface area contributed by atoms with Gasteiger partial charge >= 0.3 is 12.4 Å². The topological polar surface area (TPSA) is 155 Å². The first kappa shape index (κ1) is 45.5. The van der Waals surface area contributed by atoms with Crippen molar-refractivity contribution in [3.63, 3.8) is 0 Å². The lowest BCUT2D eigenvalue weighted by Crippen LogP contribution is -2.45. The third kappa shape index (κ3) is 12.3. The number of hydrogen-bond acceptors (Lipinski definition) is 7. The Morgan fingerprint density at radius 2 is 1.07 bits per heavy atom. The number of carbonyl (C=O) groups excluding carboxylic acids is 2. The van der Waals surface area contributed by atoms with Crippen molar-refractivity contribution in [1.29, 1.82) is 0 Å². The third-order valence-electron chi connectivity index (χ3n) is 7.59. The number of nitrogens with zero attached hydrogens (tertiary/aromatic N) is 2. The molecule has 4 aromatic carbocycles. The van der Waals surface area contributed by atoms with E-state index >= 15 is 0 Å². The van der Waals surface area contributed by atoms with Gasteiger partial charge in [0.15, 0.2) is 36.7 Å². The second-order valence-corrected chi connectivity index (χ2v) is 16.3. The highest BCUT2D eigenvalue weighted by molar-refractivity contribution is 7.91. The molecule has 0 aromatic heterocycles. The Labute approximate surface area is 320 Å². The molecule has 0 aliphatic rings. The first-order chi connectivity index (χ1) is 26.2. The van der Waals surface area contributed by atoms with Gasteiger partial charge in [0.1, 0.15) is 11.6 Å². The molecule has 0 aliphatic heterocycles. The fourth-order valence-corrected chi connectivity index (χ4v) is 7.85. The van der Waals surface area contributed by atoms with Crippen LogP contribution in [0.5, 0.6) is 0 Å². The maximum Gasteiger partial charge on any atom is 0.407 e. The molecule has 21 heteroatoms. The van der Waals surface area contributed by atoms with Gasteiger partial charge in [-0.15, -0.1) is 0 Å². The fraction of sp³-hybridized carbons (Fsp3) is 0.222. The standard InChI is InChI=1S/C18H14F4N2O4S.C18H14F4N2O3S/c1-17(26,10-29(27,28)13-6-3-11(19)4-7-13)16(25)24-12-5-8-15(23-2)14(9-12)18(20,21)22;1-11(10-28(26,27)14-6-3-12(19)4-7-14)17(25)24-13-5-8-16(23-2)15(9-13)18(20,21)22/h3-9,26H,10H2,1H3,(H,24,25);3-9,11H,10H2,1H3,(H,24,25). The van der Waals surface area contributed by atoms with Crippen LogP contribution in [0.3, 0.4) is 0 Å². The molecule has 57 heavy (non-hydrogen) atoms. The maximum atomic E-state index is 13.0. The summed E-state index contributed by atoms with van der Waals surface area (Å²) in [4.78, 5) is 29.5. The summed E-state index contributed by atoms with van der Waals surface area (Å²) in [7, 11) is -8.11. The van der Waals surface area contributed by atoms with Gasteiger partial charge in [-0.3, -0.25) is 9.59 Å². The monoisotopic (exact) mass is 844 g/mol. The molecule has 0 aliphatic carbocycles. The quantitative estimate of drug-likeness (QED) is 0.0830. The van der Waals surface area contributed by atoms with E-state index in [9.17, 15) is 66.7 Å². The van der Waals surface area contributed by atoms with E-state index in [1.54, 1.807) is 0 Å². The molecule has 4 aromatic rings. The summed E-state index contributed by atoms with van der Waals surface area (Å²) in [6, 6.07) is 12.8. The number of nitrogens with one attached hydrogen (secondary N) is 2. The summed E-state index contributed by atoms with van der Waals surface area (Å²) >= 11 is 0. The predicted octanol–water partition coefficient (Wildman–Crippen LogP) is 8.00. The average molecular weight is 845 g/mol. The van der Waals surface area contributed by atoms with Crippen molar-refractivity contribution in [2.24, 2.45) is 5.92 Å². The summed E-state index contributed by atoms with van der Waals surface area (Å²) in [5.41, 5.74) is -6.89. The van der Waals surface area contributed by atoms with E-state index in [4.69, 9.17) is 13.1 Å². The number of sulfone groups is 2. The lowest BCUT2D eigenvalue weighted by Gasteiger charge is -2.22. The molecule has 0 heterocycles. The molecule has 2 atom stereocenters. The van der Waals surface area contributed by atoms with E-state index in [0.29, 0.717) is 12.1 Å². The van der Waals surface area contributed by atoms with Crippen molar-refractivity contribution >= 4 is 54.2 Å². The SMILES string of the molecule is [C-]#[N+]c1ccc(NC(=O)C(C)(O)CS(=O)(=O)c2ccc(F)cc2)cc1C(F)(F)F.[C-]#[N+]c1ccc(NC(=O)C(C)CS(=O)(=O)c2ccc(F)cc2)cc1C(F)(F)F. The molecule has 302 valence electrons. The molecule has 0 saturated carbocycles. The largest absolute Gasteiger partial charge is 0.407 e. The van der Waals surface area contributed by atoms with E-state index in [1.165, 1.54) is 6.92 Å². The normalized spacial score (nSPS) is 13.4. The van der Waals surface area contributed by atoms with E-state index in [2.05, 4.69) is 15.0 Å². The smallest absolute Gasteiger partial charge is 0.379 e. The molecule has 11 nitrogen and oxygen atoms in total. The lowest BCUT2D eigenvalue weighted by atomic mass is 10.1. The van der Waals surface area contributed by atoms with Crippen molar-refractivity contribution in [2.75, 3.05) is 22.1 Å². The summed E-state index contributed by atoms with van der Waals surface area (Å²) in [5.74, 6) is -6.18. The zero-order chi connectivity index (χ0) is 43.1. The summed E-state index contributed by atoms with van der Waals surface area (Å²) < 4.78 is 153. The van der Waals surface area contributed by atoms with E-state index in [-0.39, 0.29) is 21.2 Å². The third-order valence-corrected chi connectivity index (χ3v) is 11.5. The van der Waals surface area contributed by atoms with Crippen LogP contribution >= 0.6 is 0 Å². The minimum atomic E-state index is -4.85. The molecule has 0 radical (unpaired) electrons. The molecule has 0 fully saturated rings. The highest BCUT2D eigenvalue weighted by Gasteiger charge is 2.38. The van der Waals surface area contributed by atoms with E-state index in [0.717, 1.165) is 79.7 Å². The van der Waals surface area contributed by atoms with Crippen molar-refractivity contribution in [2.45, 2.75) is 41.6 Å². The molecule has 2 unspecified atom stereocenters. The molecular formula is C36H28F8N4O7S2. The number of amides is 2. The minimum absolute atomic E-state index is 0.172. The van der Waals surface area contributed by atoms with Crippen LogP contribution in [0.4, 0.5) is 57.9 Å². The van der Waals surface area contributed by atoms with Crippen LogP contribution < -0.4 is 10.6 Å². The van der Waals surface area contributed by atoms with Gasteiger partial charge in [0, 0.05) is 17.3 Å². The van der Waals surface area contributed by atoms with Gasteiger partial charge < -0.3 is 15.7 Å². The van der Waals surface area contributed by atoms with Crippen LogP contribution in [0, 0.1) is 30.7 Å². The van der Waals surface area contributed by atoms with Gasteiger partial charge in [-0.05, 0) is 79.7 Å². The number of hydrogen-bond donors (Lipinski definition) is 3. The first-order valence-electron chi connectivity index (χ1n) is 15.7. The van der Waals surface area contributed by atoms with Crippen LogP contribution in [-0.4, -0.2) is 50.9 Å². The van der Waals surface area contributed by atoms with Gasteiger partial charge in [-0.2, -0.15) is 26.3 Å². The van der Waals surface area contributed by atoms with Crippen LogP contribution in [-0.2, 0) is 41.6 Å². The zero-order valence-electron chi connectivity index (χ0n) is 29.2. The Balaban J connectivity index is 0.000000306. The van der Waals surface area contributed by atoms with E-state index in [1.807, 2.05) is 5.32 Å². The van der Waals surface area contributed by atoms with Gasteiger partial charge in [-0.1, -0.05) is 19.1 Å². The highest BCUT2D eigenvalue weighted by atomic mass is 32.2. The fourth-order valence-electron chi connectivity index (χ4n) is 4.71. The Morgan fingerprint density at radius 3 is 1.46 bits per heavy atom. The van der Waals surface area contributed by atoms with Crippen molar-refractivity contribution in [1.82, 2.24) is 0 Å². The number of alkyl halides is 6. The highest BCUT2D eigenvalue weighted by Crippen LogP contribution is 2.39. The van der Waals surface area contributed by atoms with E-state index < -0.39 is 101 Å². The molecule has 0 bridgehead atoms. The number of rotatable bonds is 10. The van der Waals surface area contributed by atoms with Gasteiger partial charge in [0.05, 0.1) is 45.6 Å². The molecular weight excluding hydrogens is 817 g/mol. The van der Waals surface area contributed by atoms with Crippen molar-refractivity contribution < 1.29 is 66.7 Å². The number of aliphatic hydroxyl groups is 1. The predicted molar refractivity (Wildman–Crippen MR) is 189 cm³/mol. The van der Waals surface area contributed by atoms with Crippen molar-refractivity contribution in [3.8, 4) is 0 Å². The summed E-state index contributed by atoms with van der Waals surface area (Å²) in [6.45, 7) is 15.7. The first-order valence-corrected chi connectivity index (χ1v) is 19.0. The Morgan fingerprint density at radius 1 is 0.684 bits per heavy atom. The molecule has 3 N–H and O–H groups in total. The molecule has 0 saturated heterocycles.